The van der Waals surface area contributed by atoms with Crippen LogP contribution in [0.15, 0.2) is 170 Å². The topological polar surface area (TPSA) is 25.8 Å². The van der Waals surface area contributed by atoms with Crippen molar-refractivity contribution in [3.63, 3.8) is 0 Å². The van der Waals surface area contributed by atoms with Crippen molar-refractivity contribution in [1.29, 1.82) is 0 Å². The number of rotatable bonds is 5. The lowest BCUT2D eigenvalue weighted by Gasteiger charge is -2.11. The molecule has 0 bridgehead atoms. The molecule has 0 unspecified atom stereocenters. The molecule has 220 valence electrons. The second-order valence-corrected chi connectivity index (χ2v) is 12.8. The summed E-state index contributed by atoms with van der Waals surface area (Å²) in [6, 6.07) is 60.3. The summed E-state index contributed by atoms with van der Waals surface area (Å²) in [4.78, 5) is 11.4. The maximum absolute atomic E-state index is 5.27. The summed E-state index contributed by atoms with van der Waals surface area (Å²) in [5.41, 5.74) is 10.2. The fourth-order valence-corrected chi connectivity index (χ4v) is 7.75. The van der Waals surface area contributed by atoms with Crippen molar-refractivity contribution < 1.29 is 0 Å². The monoisotopic (exact) mass is 616 g/mol. The highest BCUT2D eigenvalue weighted by Crippen LogP contribution is 2.43. The van der Waals surface area contributed by atoms with E-state index in [1.807, 2.05) is 18.2 Å². The molecule has 0 aliphatic heterocycles. The van der Waals surface area contributed by atoms with Gasteiger partial charge in [-0.15, -0.1) is 11.3 Å². The Morgan fingerprint density at radius 3 is 1.62 bits per heavy atom. The third kappa shape index (κ3) is 4.98. The predicted octanol–water partition coefficient (Wildman–Crippen LogP) is 12.3. The average Bonchev–Trinajstić information content (AvgIpc) is 3.55. The van der Waals surface area contributed by atoms with Gasteiger partial charge >= 0.3 is 0 Å². The quantitative estimate of drug-likeness (QED) is 0.192. The standard InChI is InChI=1S/C44H28N2S/c1-3-11-29(12-4-1)30-21-23-31(24-22-30)34-16-9-17-35(27-34)36-18-10-19-37(28-36)41-40-39-26-25-32-13-7-8-20-38(32)42(39)47-44(40)46-43(45-41)33-14-5-2-6-15-33/h1-28H. The molecule has 9 aromatic rings. The molecule has 0 atom stereocenters. The molecule has 3 heteroatoms. The Morgan fingerprint density at radius 2 is 0.894 bits per heavy atom. The molecule has 7 aromatic carbocycles. The zero-order chi connectivity index (χ0) is 31.2. The maximum Gasteiger partial charge on any atom is 0.161 e. The number of hydrogen-bond acceptors (Lipinski definition) is 3. The van der Waals surface area contributed by atoms with Gasteiger partial charge in [0.1, 0.15) is 4.83 Å². The molecule has 0 amide bonds. The van der Waals surface area contributed by atoms with Crippen molar-refractivity contribution in [3.05, 3.63) is 170 Å². The van der Waals surface area contributed by atoms with Crippen LogP contribution >= 0.6 is 11.3 Å². The lowest BCUT2D eigenvalue weighted by Crippen LogP contribution is -1.94. The molecule has 47 heavy (non-hydrogen) atoms. The van der Waals surface area contributed by atoms with Gasteiger partial charge < -0.3 is 0 Å². The highest BCUT2D eigenvalue weighted by Gasteiger charge is 2.18. The minimum Gasteiger partial charge on any atom is -0.227 e. The van der Waals surface area contributed by atoms with E-state index in [0.29, 0.717) is 0 Å². The molecule has 2 nitrogen and oxygen atoms in total. The van der Waals surface area contributed by atoms with Gasteiger partial charge in [0.2, 0.25) is 0 Å². The second-order valence-electron chi connectivity index (χ2n) is 11.8. The molecule has 2 heterocycles. The highest BCUT2D eigenvalue weighted by atomic mass is 32.1. The van der Waals surface area contributed by atoms with Crippen LogP contribution in [0.25, 0.3) is 87.1 Å². The fraction of sp³-hybridized carbons (Fsp3) is 0. The van der Waals surface area contributed by atoms with E-state index in [4.69, 9.17) is 9.97 Å². The summed E-state index contributed by atoms with van der Waals surface area (Å²) >= 11 is 1.76. The number of benzene rings is 7. The van der Waals surface area contributed by atoms with E-state index in [1.54, 1.807) is 11.3 Å². The van der Waals surface area contributed by atoms with E-state index in [-0.39, 0.29) is 0 Å². The Morgan fingerprint density at radius 1 is 0.362 bits per heavy atom. The maximum atomic E-state index is 5.27. The van der Waals surface area contributed by atoms with Crippen molar-refractivity contribution in [1.82, 2.24) is 9.97 Å². The van der Waals surface area contributed by atoms with E-state index >= 15 is 0 Å². The van der Waals surface area contributed by atoms with Gasteiger partial charge in [-0.25, -0.2) is 9.97 Å². The lowest BCUT2D eigenvalue weighted by atomic mass is 9.95. The number of nitrogens with zero attached hydrogens (tertiary/aromatic N) is 2. The minimum absolute atomic E-state index is 0.746. The third-order valence-corrected chi connectivity index (χ3v) is 10.0. The van der Waals surface area contributed by atoms with E-state index in [0.717, 1.165) is 38.4 Å². The lowest BCUT2D eigenvalue weighted by molar-refractivity contribution is 1.24. The summed E-state index contributed by atoms with van der Waals surface area (Å²) in [6.07, 6.45) is 0. The molecule has 2 aromatic heterocycles. The first-order valence-corrected chi connectivity index (χ1v) is 16.6. The van der Waals surface area contributed by atoms with Gasteiger partial charge in [0.15, 0.2) is 5.82 Å². The van der Waals surface area contributed by atoms with Gasteiger partial charge in [0.25, 0.3) is 0 Å². The fourth-order valence-electron chi connectivity index (χ4n) is 6.54. The molecule has 0 saturated carbocycles. The van der Waals surface area contributed by atoms with Crippen LogP contribution in [0.2, 0.25) is 0 Å². The summed E-state index contributed by atoms with van der Waals surface area (Å²) in [5.74, 6) is 0.746. The Bertz CT molecular complexity index is 2550. The van der Waals surface area contributed by atoms with E-state index in [2.05, 4.69) is 152 Å². The molecule has 0 aliphatic rings. The molecule has 9 rings (SSSR count). The number of hydrogen-bond donors (Lipinski definition) is 0. The van der Waals surface area contributed by atoms with Gasteiger partial charge in [-0.1, -0.05) is 158 Å². The van der Waals surface area contributed by atoms with Crippen molar-refractivity contribution >= 4 is 42.4 Å². The van der Waals surface area contributed by atoms with Gasteiger partial charge in [-0.3, -0.25) is 0 Å². The Balaban J connectivity index is 1.17. The second kappa shape index (κ2) is 11.5. The molecule has 0 saturated heterocycles. The van der Waals surface area contributed by atoms with Gasteiger partial charge in [-0.2, -0.15) is 0 Å². The first kappa shape index (κ1) is 27.4. The molecular formula is C44H28N2S. The van der Waals surface area contributed by atoms with Crippen LogP contribution in [0.5, 0.6) is 0 Å². The molecule has 0 spiro atoms. The summed E-state index contributed by atoms with van der Waals surface area (Å²) in [6.45, 7) is 0. The predicted molar refractivity (Wildman–Crippen MR) is 200 cm³/mol. The highest BCUT2D eigenvalue weighted by molar-refractivity contribution is 7.26. The van der Waals surface area contributed by atoms with Crippen molar-refractivity contribution in [2.24, 2.45) is 0 Å². The smallest absolute Gasteiger partial charge is 0.161 e. The number of fused-ring (bicyclic) bond motifs is 5. The molecular weight excluding hydrogens is 589 g/mol. The van der Waals surface area contributed by atoms with Gasteiger partial charge in [0, 0.05) is 26.6 Å². The summed E-state index contributed by atoms with van der Waals surface area (Å²) in [7, 11) is 0. The van der Waals surface area contributed by atoms with Gasteiger partial charge in [0.05, 0.1) is 5.69 Å². The first-order valence-electron chi connectivity index (χ1n) is 15.8. The van der Waals surface area contributed by atoms with Crippen LogP contribution < -0.4 is 0 Å². The van der Waals surface area contributed by atoms with E-state index < -0.39 is 0 Å². The van der Waals surface area contributed by atoms with Crippen LogP contribution in [-0.4, -0.2) is 9.97 Å². The zero-order valence-corrected chi connectivity index (χ0v) is 26.3. The normalized spacial score (nSPS) is 11.4. The van der Waals surface area contributed by atoms with Crippen molar-refractivity contribution in [3.8, 4) is 56.0 Å². The Hall–Kier alpha value is -5.90. The average molecular weight is 617 g/mol. The van der Waals surface area contributed by atoms with E-state index in [9.17, 15) is 0 Å². The Kier molecular flexibility index (Phi) is 6.69. The number of aromatic nitrogens is 2. The summed E-state index contributed by atoms with van der Waals surface area (Å²) < 4.78 is 1.25. The van der Waals surface area contributed by atoms with Crippen LogP contribution in [0.4, 0.5) is 0 Å². The largest absolute Gasteiger partial charge is 0.227 e. The molecule has 0 aliphatic carbocycles. The van der Waals surface area contributed by atoms with Gasteiger partial charge in [-0.05, 0) is 56.3 Å². The zero-order valence-electron chi connectivity index (χ0n) is 25.5. The third-order valence-electron chi connectivity index (χ3n) is 8.91. The SMILES string of the molecule is c1ccc(-c2ccc(-c3cccc(-c4cccc(-c5nc(-c6ccccc6)nc6sc7c8ccccc8ccc7c56)c4)c3)cc2)cc1. The van der Waals surface area contributed by atoms with E-state index in [1.165, 1.54) is 48.7 Å². The molecule has 0 N–H and O–H groups in total. The first-order chi connectivity index (χ1) is 23.3. The van der Waals surface area contributed by atoms with Crippen LogP contribution in [0, 0.1) is 0 Å². The Labute approximate surface area is 277 Å². The van der Waals surface area contributed by atoms with Crippen LogP contribution in [0.3, 0.4) is 0 Å². The minimum atomic E-state index is 0.746. The van der Waals surface area contributed by atoms with Crippen LogP contribution in [-0.2, 0) is 0 Å². The summed E-state index contributed by atoms with van der Waals surface area (Å²) in [5, 5.41) is 4.80. The van der Waals surface area contributed by atoms with Crippen LogP contribution in [0.1, 0.15) is 0 Å². The number of thiophene rings is 1. The van der Waals surface area contributed by atoms with Crippen molar-refractivity contribution in [2.45, 2.75) is 0 Å². The molecule has 0 radical (unpaired) electrons. The van der Waals surface area contributed by atoms with Crippen molar-refractivity contribution in [2.75, 3.05) is 0 Å². The molecule has 0 fully saturated rings.